The maximum Gasteiger partial charge on any atom is 0.251 e. The SMILES string of the molecule is COc1cc(C(=O)NCC2NCCc3ccccc32)ccc1OC1CCCC1.Cl. The average Bonchev–Trinajstić information content (AvgIpc) is 3.25. The van der Waals surface area contributed by atoms with E-state index in [1.54, 1.807) is 13.2 Å². The highest BCUT2D eigenvalue weighted by atomic mass is 35.5. The Hall–Kier alpha value is -2.24. The van der Waals surface area contributed by atoms with E-state index < -0.39 is 0 Å². The summed E-state index contributed by atoms with van der Waals surface area (Å²) in [4.78, 5) is 12.7. The smallest absolute Gasteiger partial charge is 0.251 e. The van der Waals surface area contributed by atoms with Gasteiger partial charge in [-0.05, 0) is 68.0 Å². The fourth-order valence-electron chi connectivity index (χ4n) is 4.16. The molecule has 0 radical (unpaired) electrons. The van der Waals surface area contributed by atoms with E-state index in [2.05, 4.69) is 34.9 Å². The molecule has 1 saturated carbocycles. The van der Waals surface area contributed by atoms with Crippen LogP contribution in [0.3, 0.4) is 0 Å². The molecule has 1 amide bonds. The van der Waals surface area contributed by atoms with Crippen molar-refractivity contribution in [3.8, 4) is 11.5 Å². The van der Waals surface area contributed by atoms with Crippen LogP contribution in [0, 0.1) is 0 Å². The molecular weight excluding hydrogens is 388 g/mol. The van der Waals surface area contributed by atoms with E-state index in [-0.39, 0.29) is 30.5 Å². The molecule has 0 bridgehead atoms. The van der Waals surface area contributed by atoms with Crippen molar-refractivity contribution in [1.29, 1.82) is 0 Å². The minimum Gasteiger partial charge on any atom is -0.493 e. The lowest BCUT2D eigenvalue weighted by Crippen LogP contribution is -2.38. The number of methoxy groups -OCH3 is 1. The quantitative estimate of drug-likeness (QED) is 0.745. The Morgan fingerprint density at radius 1 is 1.14 bits per heavy atom. The molecule has 5 nitrogen and oxygen atoms in total. The molecule has 0 spiro atoms. The number of hydrogen-bond acceptors (Lipinski definition) is 4. The van der Waals surface area contributed by atoms with Gasteiger partial charge in [-0.3, -0.25) is 4.79 Å². The first kappa shape index (κ1) is 21.5. The van der Waals surface area contributed by atoms with Crippen molar-refractivity contribution in [1.82, 2.24) is 10.6 Å². The topological polar surface area (TPSA) is 59.6 Å². The van der Waals surface area contributed by atoms with Gasteiger partial charge in [-0.1, -0.05) is 24.3 Å². The van der Waals surface area contributed by atoms with Gasteiger partial charge in [-0.25, -0.2) is 0 Å². The monoisotopic (exact) mass is 416 g/mol. The molecule has 1 fully saturated rings. The lowest BCUT2D eigenvalue weighted by molar-refractivity contribution is 0.0948. The van der Waals surface area contributed by atoms with Crippen LogP contribution in [-0.2, 0) is 6.42 Å². The minimum atomic E-state index is -0.101. The minimum absolute atomic E-state index is 0. The summed E-state index contributed by atoms with van der Waals surface area (Å²) in [6, 6.07) is 14.0. The first-order valence-corrected chi connectivity index (χ1v) is 10.2. The summed E-state index contributed by atoms with van der Waals surface area (Å²) >= 11 is 0. The normalized spacial score (nSPS) is 18.4. The molecule has 1 aliphatic heterocycles. The van der Waals surface area contributed by atoms with Gasteiger partial charge in [0.25, 0.3) is 5.91 Å². The van der Waals surface area contributed by atoms with E-state index in [0.29, 0.717) is 23.6 Å². The summed E-state index contributed by atoms with van der Waals surface area (Å²) in [5.41, 5.74) is 3.21. The number of nitrogens with one attached hydrogen (secondary N) is 2. The highest BCUT2D eigenvalue weighted by molar-refractivity contribution is 5.94. The van der Waals surface area contributed by atoms with Crippen LogP contribution in [-0.4, -0.2) is 32.2 Å². The lowest BCUT2D eigenvalue weighted by atomic mass is 9.94. The van der Waals surface area contributed by atoms with Crippen LogP contribution in [0.5, 0.6) is 11.5 Å². The molecule has 156 valence electrons. The maximum absolute atomic E-state index is 12.7. The molecule has 1 atom stereocenters. The number of fused-ring (bicyclic) bond motifs is 1. The van der Waals surface area contributed by atoms with Gasteiger partial charge in [0, 0.05) is 18.2 Å². The molecule has 29 heavy (non-hydrogen) atoms. The zero-order valence-electron chi connectivity index (χ0n) is 16.8. The summed E-state index contributed by atoms with van der Waals surface area (Å²) in [5, 5.41) is 6.55. The van der Waals surface area contributed by atoms with Crippen LogP contribution in [0.25, 0.3) is 0 Å². The second-order valence-corrected chi connectivity index (χ2v) is 7.56. The molecule has 1 heterocycles. The van der Waals surface area contributed by atoms with E-state index >= 15 is 0 Å². The number of carbonyl (C=O) groups excluding carboxylic acids is 1. The highest BCUT2D eigenvalue weighted by Gasteiger charge is 2.21. The summed E-state index contributed by atoms with van der Waals surface area (Å²) in [6.45, 7) is 1.48. The molecule has 6 heteroatoms. The maximum atomic E-state index is 12.7. The Labute approximate surface area is 178 Å². The molecule has 2 aliphatic rings. The van der Waals surface area contributed by atoms with Crippen molar-refractivity contribution in [2.24, 2.45) is 0 Å². The Morgan fingerprint density at radius 2 is 1.93 bits per heavy atom. The van der Waals surface area contributed by atoms with Crippen LogP contribution in [0.15, 0.2) is 42.5 Å². The van der Waals surface area contributed by atoms with E-state index in [1.807, 2.05) is 12.1 Å². The number of ether oxygens (including phenoxy) is 2. The van der Waals surface area contributed by atoms with Crippen LogP contribution >= 0.6 is 12.4 Å². The zero-order valence-corrected chi connectivity index (χ0v) is 17.6. The number of rotatable bonds is 6. The predicted octanol–water partition coefficient (Wildman–Crippen LogP) is 4.06. The summed E-state index contributed by atoms with van der Waals surface area (Å²) in [6.07, 6.45) is 5.88. The first-order chi connectivity index (χ1) is 13.7. The molecular formula is C23H29ClN2O3. The Bertz CT molecular complexity index is 837. The van der Waals surface area contributed by atoms with E-state index in [0.717, 1.165) is 25.8 Å². The Morgan fingerprint density at radius 3 is 2.72 bits per heavy atom. The summed E-state index contributed by atoms with van der Waals surface area (Å²) in [5.74, 6) is 1.23. The van der Waals surface area contributed by atoms with Crippen molar-refractivity contribution in [3.05, 3.63) is 59.2 Å². The third-order valence-corrected chi connectivity index (χ3v) is 5.70. The van der Waals surface area contributed by atoms with Gasteiger partial charge >= 0.3 is 0 Å². The second kappa shape index (κ2) is 9.99. The van der Waals surface area contributed by atoms with Crippen LogP contribution in [0.2, 0.25) is 0 Å². The number of halogens is 1. The van der Waals surface area contributed by atoms with Gasteiger partial charge < -0.3 is 20.1 Å². The van der Waals surface area contributed by atoms with Crippen molar-refractivity contribution in [2.75, 3.05) is 20.2 Å². The van der Waals surface area contributed by atoms with Gasteiger partial charge in [0.1, 0.15) is 0 Å². The van der Waals surface area contributed by atoms with Crippen LogP contribution < -0.4 is 20.1 Å². The average molecular weight is 417 g/mol. The molecule has 0 aromatic heterocycles. The molecule has 2 N–H and O–H groups in total. The predicted molar refractivity (Wildman–Crippen MR) is 116 cm³/mol. The van der Waals surface area contributed by atoms with Crippen molar-refractivity contribution < 1.29 is 14.3 Å². The third-order valence-electron chi connectivity index (χ3n) is 5.70. The third kappa shape index (κ3) is 5.03. The van der Waals surface area contributed by atoms with Crippen molar-refractivity contribution in [3.63, 3.8) is 0 Å². The van der Waals surface area contributed by atoms with Crippen molar-refractivity contribution >= 4 is 18.3 Å². The summed E-state index contributed by atoms with van der Waals surface area (Å²) in [7, 11) is 1.61. The van der Waals surface area contributed by atoms with Crippen molar-refractivity contribution in [2.45, 2.75) is 44.2 Å². The van der Waals surface area contributed by atoms with Gasteiger partial charge in [0.15, 0.2) is 11.5 Å². The molecule has 2 aromatic carbocycles. The van der Waals surface area contributed by atoms with Gasteiger partial charge in [0.2, 0.25) is 0 Å². The molecule has 1 unspecified atom stereocenters. The Balaban J connectivity index is 0.00000240. The lowest BCUT2D eigenvalue weighted by Gasteiger charge is -2.27. The number of amides is 1. The number of carbonyl (C=O) groups is 1. The van der Waals surface area contributed by atoms with E-state index in [9.17, 15) is 4.79 Å². The number of benzene rings is 2. The fourth-order valence-corrected chi connectivity index (χ4v) is 4.16. The van der Waals surface area contributed by atoms with Crippen LogP contribution in [0.1, 0.15) is 53.2 Å². The second-order valence-electron chi connectivity index (χ2n) is 7.56. The standard InChI is InChI=1S/C23H28N2O3.ClH/c1-27-22-14-17(10-11-21(22)28-18-7-3-4-8-18)23(26)25-15-20-19-9-5-2-6-16(19)12-13-24-20;/h2,5-6,9-11,14,18,20,24H,3-4,7-8,12-13,15H2,1H3,(H,25,26);1H. The molecule has 4 rings (SSSR count). The largest absolute Gasteiger partial charge is 0.493 e. The molecule has 1 aliphatic carbocycles. The van der Waals surface area contributed by atoms with Gasteiger partial charge in [-0.15, -0.1) is 12.4 Å². The molecule has 0 saturated heterocycles. The highest BCUT2D eigenvalue weighted by Crippen LogP contribution is 2.32. The van der Waals surface area contributed by atoms with Crippen LogP contribution in [0.4, 0.5) is 0 Å². The van der Waals surface area contributed by atoms with E-state index in [4.69, 9.17) is 9.47 Å². The first-order valence-electron chi connectivity index (χ1n) is 10.2. The fraction of sp³-hybridized carbons (Fsp3) is 0.435. The van der Waals surface area contributed by atoms with E-state index in [1.165, 1.54) is 24.0 Å². The Kier molecular flexibility index (Phi) is 7.40. The zero-order chi connectivity index (χ0) is 19.3. The number of hydrogen-bond donors (Lipinski definition) is 2. The van der Waals surface area contributed by atoms with Gasteiger partial charge in [0.05, 0.1) is 13.2 Å². The molecule has 2 aromatic rings. The summed E-state index contributed by atoms with van der Waals surface area (Å²) < 4.78 is 11.5. The van der Waals surface area contributed by atoms with Gasteiger partial charge in [-0.2, -0.15) is 0 Å².